The predicted molar refractivity (Wildman–Crippen MR) is 102 cm³/mol. The molecule has 0 aromatic rings. The summed E-state index contributed by atoms with van der Waals surface area (Å²) in [4.78, 5) is 0. The van der Waals surface area contributed by atoms with Gasteiger partial charge in [-0.1, -0.05) is 57.5 Å². The number of nitrogens with one attached hydrogen (secondary N) is 3. The zero-order chi connectivity index (χ0) is 17.2. The van der Waals surface area contributed by atoms with Gasteiger partial charge in [0.1, 0.15) is 0 Å². The lowest BCUT2D eigenvalue weighted by molar-refractivity contribution is 0.457. The van der Waals surface area contributed by atoms with Crippen LogP contribution in [0.1, 0.15) is 26.2 Å². The van der Waals surface area contributed by atoms with E-state index in [2.05, 4.69) is 48.8 Å². The molecule has 2 unspecified atom stereocenters. The quantitative estimate of drug-likeness (QED) is 0.508. The van der Waals surface area contributed by atoms with Gasteiger partial charge in [-0.2, -0.15) is 0 Å². The Kier molecular flexibility index (Phi) is 8.03. The van der Waals surface area contributed by atoms with Crippen LogP contribution < -0.4 is 16.0 Å². The first-order valence-electron chi connectivity index (χ1n) is 8.18. The van der Waals surface area contributed by atoms with E-state index in [0.29, 0.717) is 18.5 Å². The molecule has 3 nitrogen and oxygen atoms in total. The maximum absolute atomic E-state index is 4.24. The molecule has 0 aromatic carbocycles. The number of rotatable bonds is 11. The minimum Gasteiger partial charge on any atom is -0.384 e. The Hall–Kier alpha value is -2.16. The summed E-state index contributed by atoms with van der Waals surface area (Å²) in [5.74, 6) is 0.423. The van der Waals surface area contributed by atoms with Crippen molar-refractivity contribution in [1.82, 2.24) is 16.0 Å². The highest BCUT2D eigenvalue weighted by Gasteiger charge is 2.29. The van der Waals surface area contributed by atoms with Gasteiger partial charge in [0.2, 0.25) is 0 Å². The molecule has 0 heterocycles. The molecule has 1 aliphatic rings. The minimum absolute atomic E-state index is 0.394. The highest BCUT2D eigenvalue weighted by Crippen LogP contribution is 2.30. The maximum atomic E-state index is 4.24. The first-order valence-corrected chi connectivity index (χ1v) is 8.18. The van der Waals surface area contributed by atoms with E-state index in [9.17, 15) is 0 Å². The van der Waals surface area contributed by atoms with E-state index in [4.69, 9.17) is 0 Å². The van der Waals surface area contributed by atoms with Crippen molar-refractivity contribution >= 4 is 0 Å². The van der Waals surface area contributed by atoms with Crippen LogP contribution >= 0.6 is 0 Å². The minimum atomic E-state index is 0.394. The van der Waals surface area contributed by atoms with Gasteiger partial charge in [0.05, 0.1) is 6.54 Å². The molecule has 0 aromatic heterocycles. The largest absolute Gasteiger partial charge is 0.384 e. The van der Waals surface area contributed by atoms with Crippen molar-refractivity contribution in [3.8, 4) is 0 Å². The van der Waals surface area contributed by atoms with E-state index in [1.165, 1.54) is 6.42 Å². The number of hydrogen-bond acceptors (Lipinski definition) is 3. The Labute approximate surface area is 141 Å². The lowest BCUT2D eigenvalue weighted by atomic mass is 9.99. The normalized spacial score (nSPS) is 20.5. The zero-order valence-electron chi connectivity index (χ0n) is 14.5. The third-order valence-corrected chi connectivity index (χ3v) is 4.07. The lowest BCUT2D eigenvalue weighted by Crippen LogP contribution is -2.37. The van der Waals surface area contributed by atoms with Crippen LogP contribution in [0, 0.1) is 5.92 Å². The van der Waals surface area contributed by atoms with Gasteiger partial charge in [-0.25, -0.2) is 0 Å². The Morgan fingerprint density at radius 1 is 1.09 bits per heavy atom. The Morgan fingerprint density at radius 3 is 2.43 bits per heavy atom. The molecule has 126 valence electrons. The van der Waals surface area contributed by atoms with Crippen LogP contribution in [0.5, 0.6) is 0 Å². The zero-order valence-corrected chi connectivity index (χ0v) is 14.5. The van der Waals surface area contributed by atoms with Gasteiger partial charge in [-0.05, 0) is 25.3 Å². The van der Waals surface area contributed by atoms with Crippen molar-refractivity contribution in [2.24, 2.45) is 5.92 Å². The van der Waals surface area contributed by atoms with Crippen molar-refractivity contribution in [1.29, 1.82) is 0 Å². The second-order valence-electron chi connectivity index (χ2n) is 6.09. The molecule has 0 amide bonds. The van der Waals surface area contributed by atoms with E-state index in [1.807, 2.05) is 19.1 Å². The summed E-state index contributed by atoms with van der Waals surface area (Å²) in [6, 6.07) is 0.394. The van der Waals surface area contributed by atoms with Crippen LogP contribution in [0.4, 0.5) is 0 Å². The second-order valence-corrected chi connectivity index (χ2v) is 6.09. The molecule has 0 bridgehead atoms. The van der Waals surface area contributed by atoms with Gasteiger partial charge >= 0.3 is 0 Å². The molecule has 0 radical (unpaired) electrons. The van der Waals surface area contributed by atoms with Gasteiger partial charge in [0.25, 0.3) is 0 Å². The molecule has 0 aliphatic heterocycles. The Bertz CT molecular complexity index is 499. The maximum Gasteiger partial charge on any atom is 0.0538 e. The molecule has 0 saturated heterocycles. The van der Waals surface area contributed by atoms with E-state index in [0.717, 1.165) is 42.1 Å². The standard InChI is InChI=1S/C20H31N3/c1-7-10-18(8-2)14-22-17(6)19-11-9-12-20(19)23-16(5)13-21-15(3)4/h7-8,10,19-23H,1-3,5-6,9,11-14H2,4H3/b18-10+. The average Bonchev–Trinajstić information content (AvgIpc) is 2.97. The van der Waals surface area contributed by atoms with E-state index < -0.39 is 0 Å². The molecule has 1 aliphatic carbocycles. The summed E-state index contributed by atoms with van der Waals surface area (Å²) in [5, 5.41) is 10.2. The van der Waals surface area contributed by atoms with Crippen molar-refractivity contribution < 1.29 is 0 Å². The summed E-state index contributed by atoms with van der Waals surface area (Å²) in [6.45, 7) is 23.1. The van der Waals surface area contributed by atoms with Gasteiger partial charge < -0.3 is 16.0 Å². The van der Waals surface area contributed by atoms with E-state index >= 15 is 0 Å². The van der Waals surface area contributed by atoms with Crippen LogP contribution in [0.2, 0.25) is 0 Å². The fourth-order valence-electron chi connectivity index (χ4n) is 2.82. The van der Waals surface area contributed by atoms with E-state index in [1.54, 1.807) is 6.08 Å². The van der Waals surface area contributed by atoms with Crippen LogP contribution in [-0.4, -0.2) is 19.1 Å². The molecule has 3 N–H and O–H groups in total. The van der Waals surface area contributed by atoms with Crippen LogP contribution in [-0.2, 0) is 0 Å². The summed E-state index contributed by atoms with van der Waals surface area (Å²) >= 11 is 0. The fraction of sp³-hybridized carbons (Fsp3) is 0.400. The van der Waals surface area contributed by atoms with E-state index in [-0.39, 0.29) is 0 Å². The van der Waals surface area contributed by atoms with Crippen molar-refractivity contribution in [2.75, 3.05) is 13.1 Å². The highest BCUT2D eigenvalue weighted by atomic mass is 15.0. The van der Waals surface area contributed by atoms with Crippen molar-refractivity contribution in [2.45, 2.75) is 32.2 Å². The summed E-state index contributed by atoms with van der Waals surface area (Å²) in [6.07, 6.45) is 9.09. The smallest absolute Gasteiger partial charge is 0.0538 e. The first-order chi connectivity index (χ1) is 11.0. The molecule has 23 heavy (non-hydrogen) atoms. The summed E-state index contributed by atoms with van der Waals surface area (Å²) in [7, 11) is 0. The molecule has 2 atom stereocenters. The molecular formula is C20H31N3. The highest BCUT2D eigenvalue weighted by molar-refractivity contribution is 5.24. The monoisotopic (exact) mass is 313 g/mol. The van der Waals surface area contributed by atoms with Crippen molar-refractivity contribution in [3.05, 3.63) is 73.8 Å². The summed E-state index contributed by atoms with van der Waals surface area (Å²) in [5.41, 5.74) is 4.14. The van der Waals surface area contributed by atoms with Crippen molar-refractivity contribution in [3.63, 3.8) is 0 Å². The fourth-order valence-corrected chi connectivity index (χ4v) is 2.82. The average molecular weight is 313 g/mol. The Morgan fingerprint density at radius 2 is 1.83 bits per heavy atom. The van der Waals surface area contributed by atoms with Crippen LogP contribution in [0.25, 0.3) is 0 Å². The van der Waals surface area contributed by atoms with Gasteiger partial charge in [0.15, 0.2) is 0 Å². The lowest BCUT2D eigenvalue weighted by Gasteiger charge is -2.26. The third-order valence-electron chi connectivity index (χ3n) is 4.07. The SMILES string of the molecule is C=C/C=C(\C=C)CNC(=C)C1CCCC1NC(=C)CNC(=C)C. The van der Waals surface area contributed by atoms with Crippen LogP contribution in [0.3, 0.4) is 0 Å². The second kappa shape index (κ2) is 9.78. The first kappa shape index (κ1) is 18.9. The van der Waals surface area contributed by atoms with Gasteiger partial charge in [-0.15, -0.1) is 0 Å². The molecule has 3 heteroatoms. The summed E-state index contributed by atoms with van der Waals surface area (Å²) < 4.78 is 0. The molecule has 0 spiro atoms. The third kappa shape index (κ3) is 6.64. The van der Waals surface area contributed by atoms with Gasteiger partial charge in [0, 0.05) is 35.6 Å². The molecule has 1 fully saturated rings. The van der Waals surface area contributed by atoms with Crippen LogP contribution in [0.15, 0.2) is 73.8 Å². The predicted octanol–water partition coefficient (Wildman–Crippen LogP) is 3.78. The Balaban J connectivity index is 2.50. The molecule has 1 saturated carbocycles. The van der Waals surface area contributed by atoms with Gasteiger partial charge in [-0.3, -0.25) is 0 Å². The number of hydrogen-bond donors (Lipinski definition) is 3. The molecule has 1 rings (SSSR count). The number of allylic oxidation sites excluding steroid dienone is 3. The topological polar surface area (TPSA) is 36.1 Å². The molecular weight excluding hydrogens is 282 g/mol.